The van der Waals surface area contributed by atoms with Crippen LogP contribution in [0.2, 0.25) is 0 Å². The van der Waals surface area contributed by atoms with Crippen molar-refractivity contribution in [2.45, 2.75) is 37.6 Å². The second-order valence-corrected chi connectivity index (χ2v) is 12.7. The predicted molar refractivity (Wildman–Crippen MR) is 118 cm³/mol. The Morgan fingerprint density at radius 2 is 1.74 bits per heavy atom. The van der Waals surface area contributed by atoms with E-state index in [0.717, 1.165) is 23.4 Å². The first kappa shape index (κ1) is 22.3. The number of hydrogen-bond donors (Lipinski definition) is 1. The molecule has 0 saturated carbocycles. The molecule has 1 amide bonds. The van der Waals surface area contributed by atoms with E-state index in [1.165, 1.54) is 44.2 Å². The van der Waals surface area contributed by atoms with Crippen molar-refractivity contribution in [2.75, 3.05) is 30.7 Å². The van der Waals surface area contributed by atoms with Crippen LogP contribution in [-0.4, -0.2) is 61.7 Å². The van der Waals surface area contributed by atoms with Gasteiger partial charge in [0.2, 0.25) is 20.0 Å². The predicted octanol–water partition coefficient (Wildman–Crippen LogP) is 1.89. The number of anilines is 1. The summed E-state index contributed by atoms with van der Waals surface area (Å²) in [5.74, 6) is -0.344. The maximum absolute atomic E-state index is 12.6. The van der Waals surface area contributed by atoms with Crippen LogP contribution < -0.4 is 5.32 Å². The molecule has 0 radical (unpaired) electrons. The number of fused-ring (bicyclic) bond motifs is 1. The average molecular weight is 485 g/mol. The molecule has 0 bridgehead atoms. The molecular formula is C19H24N4O5S3. The quantitative estimate of drug-likeness (QED) is 0.669. The van der Waals surface area contributed by atoms with Crippen LogP contribution in [0.3, 0.4) is 0 Å². The van der Waals surface area contributed by atoms with Gasteiger partial charge in [-0.1, -0.05) is 0 Å². The van der Waals surface area contributed by atoms with Gasteiger partial charge in [0.1, 0.15) is 0 Å². The molecule has 4 rings (SSSR count). The van der Waals surface area contributed by atoms with Gasteiger partial charge < -0.3 is 0 Å². The van der Waals surface area contributed by atoms with Crippen molar-refractivity contribution < 1.29 is 21.6 Å². The van der Waals surface area contributed by atoms with Crippen LogP contribution in [0.25, 0.3) is 0 Å². The standard InChI is InChI=1S/C19H24N4O5S3/c1-2-30(25,26)23-12-9-16-17(13-23)29-19(20-16)21-18(24)14-5-7-15(8-6-14)31(27,28)22-10-3-4-11-22/h5-8H,2-4,9-13H2,1H3,(H,20,21,24). The van der Waals surface area contributed by atoms with Gasteiger partial charge in [-0.3, -0.25) is 10.1 Å². The largest absolute Gasteiger partial charge is 0.298 e. The van der Waals surface area contributed by atoms with Crippen molar-refractivity contribution in [2.24, 2.45) is 0 Å². The van der Waals surface area contributed by atoms with Crippen LogP contribution in [0.1, 0.15) is 40.7 Å². The number of thiazole rings is 1. The van der Waals surface area contributed by atoms with Crippen molar-refractivity contribution in [3.63, 3.8) is 0 Å². The molecule has 0 unspecified atom stereocenters. The Kier molecular flexibility index (Phi) is 6.19. The summed E-state index contributed by atoms with van der Waals surface area (Å²) in [4.78, 5) is 18.0. The number of benzene rings is 1. The lowest BCUT2D eigenvalue weighted by Crippen LogP contribution is -2.36. The van der Waals surface area contributed by atoms with Crippen molar-refractivity contribution in [3.05, 3.63) is 40.4 Å². The van der Waals surface area contributed by atoms with Gasteiger partial charge in [-0.2, -0.15) is 8.61 Å². The molecular weight excluding hydrogens is 460 g/mol. The Balaban J connectivity index is 1.45. The number of carbonyl (C=O) groups excluding carboxylic acids is 1. The van der Waals surface area contributed by atoms with E-state index in [2.05, 4.69) is 10.3 Å². The number of nitrogens with one attached hydrogen (secondary N) is 1. The van der Waals surface area contributed by atoms with Gasteiger partial charge in [-0.25, -0.2) is 21.8 Å². The highest BCUT2D eigenvalue weighted by Gasteiger charge is 2.29. The zero-order valence-electron chi connectivity index (χ0n) is 17.1. The van der Waals surface area contributed by atoms with Gasteiger partial charge in [-0.05, 0) is 44.0 Å². The van der Waals surface area contributed by atoms with E-state index in [1.54, 1.807) is 6.92 Å². The molecule has 9 nitrogen and oxygen atoms in total. The summed E-state index contributed by atoms with van der Waals surface area (Å²) in [7, 11) is -6.80. The minimum atomic E-state index is -3.52. The monoisotopic (exact) mass is 484 g/mol. The zero-order valence-corrected chi connectivity index (χ0v) is 19.5. The highest BCUT2D eigenvalue weighted by molar-refractivity contribution is 7.89. The first-order chi connectivity index (χ1) is 14.7. The van der Waals surface area contributed by atoms with Gasteiger partial charge >= 0.3 is 0 Å². The molecule has 12 heteroatoms. The number of amides is 1. The third-order valence-electron chi connectivity index (χ3n) is 5.49. The molecule has 1 saturated heterocycles. The third kappa shape index (κ3) is 4.53. The number of aromatic nitrogens is 1. The second-order valence-electron chi connectivity index (χ2n) is 7.46. The number of rotatable bonds is 6. The van der Waals surface area contributed by atoms with E-state index in [9.17, 15) is 21.6 Å². The summed E-state index contributed by atoms with van der Waals surface area (Å²) >= 11 is 1.26. The molecule has 2 aliphatic heterocycles. The fraction of sp³-hybridized carbons (Fsp3) is 0.474. The Bertz CT molecular complexity index is 1180. The van der Waals surface area contributed by atoms with Crippen LogP contribution >= 0.6 is 11.3 Å². The van der Waals surface area contributed by atoms with E-state index < -0.39 is 26.0 Å². The van der Waals surface area contributed by atoms with Crippen LogP contribution in [0.15, 0.2) is 29.2 Å². The molecule has 0 aliphatic carbocycles. The second kappa shape index (κ2) is 8.58. The molecule has 3 heterocycles. The van der Waals surface area contributed by atoms with Gasteiger partial charge in [0, 0.05) is 43.0 Å². The van der Waals surface area contributed by atoms with Gasteiger partial charge in [0.25, 0.3) is 5.91 Å². The number of sulfonamides is 2. The van der Waals surface area contributed by atoms with E-state index >= 15 is 0 Å². The highest BCUT2D eigenvalue weighted by Crippen LogP contribution is 2.30. The molecule has 168 valence electrons. The molecule has 2 aromatic rings. The highest BCUT2D eigenvalue weighted by atomic mass is 32.2. The maximum atomic E-state index is 12.6. The summed E-state index contributed by atoms with van der Waals surface area (Å²) in [6, 6.07) is 5.87. The normalized spacial score (nSPS) is 18.1. The van der Waals surface area contributed by atoms with Crippen molar-refractivity contribution in [1.29, 1.82) is 0 Å². The number of nitrogens with zero attached hydrogens (tertiary/aromatic N) is 3. The van der Waals surface area contributed by atoms with E-state index in [4.69, 9.17) is 0 Å². The minimum Gasteiger partial charge on any atom is -0.298 e. The minimum absolute atomic E-state index is 0.0498. The van der Waals surface area contributed by atoms with Crippen molar-refractivity contribution in [1.82, 2.24) is 13.6 Å². The molecule has 0 atom stereocenters. The maximum Gasteiger partial charge on any atom is 0.257 e. The molecule has 31 heavy (non-hydrogen) atoms. The summed E-state index contributed by atoms with van der Waals surface area (Å²) < 4.78 is 52.3. The van der Waals surface area contributed by atoms with Crippen molar-refractivity contribution in [3.8, 4) is 0 Å². The Hall–Kier alpha value is -1.86. The SMILES string of the molecule is CCS(=O)(=O)N1CCc2nc(NC(=O)c3ccc(S(=O)(=O)N4CCCC4)cc3)sc2C1. The van der Waals surface area contributed by atoms with Crippen LogP contribution in [0, 0.1) is 0 Å². The van der Waals surface area contributed by atoms with Crippen LogP contribution in [0.5, 0.6) is 0 Å². The number of hydrogen-bond acceptors (Lipinski definition) is 7. The Labute approximate surface area is 186 Å². The molecule has 1 N–H and O–H groups in total. The fourth-order valence-electron chi connectivity index (χ4n) is 3.67. The lowest BCUT2D eigenvalue weighted by molar-refractivity contribution is 0.102. The summed E-state index contributed by atoms with van der Waals surface area (Å²) in [5.41, 5.74) is 1.12. The zero-order chi connectivity index (χ0) is 22.2. The Morgan fingerprint density at radius 3 is 2.39 bits per heavy atom. The first-order valence-electron chi connectivity index (χ1n) is 10.1. The molecule has 1 aromatic carbocycles. The van der Waals surface area contributed by atoms with Gasteiger partial charge in [0.15, 0.2) is 5.13 Å². The van der Waals surface area contributed by atoms with Gasteiger partial charge in [0.05, 0.1) is 16.3 Å². The topological polar surface area (TPSA) is 117 Å². The Morgan fingerprint density at radius 1 is 1.06 bits per heavy atom. The first-order valence-corrected chi connectivity index (χ1v) is 14.0. The van der Waals surface area contributed by atoms with E-state index in [0.29, 0.717) is 36.8 Å². The molecule has 1 fully saturated rings. The molecule has 2 aliphatic rings. The summed E-state index contributed by atoms with van der Waals surface area (Å²) in [5, 5.41) is 3.14. The summed E-state index contributed by atoms with van der Waals surface area (Å²) in [6.45, 7) is 3.31. The molecule has 1 aromatic heterocycles. The summed E-state index contributed by atoms with van der Waals surface area (Å²) in [6.07, 6.45) is 2.23. The van der Waals surface area contributed by atoms with Crippen molar-refractivity contribution >= 4 is 42.4 Å². The average Bonchev–Trinajstić information content (AvgIpc) is 3.43. The van der Waals surface area contributed by atoms with Gasteiger partial charge in [-0.15, -0.1) is 11.3 Å². The lowest BCUT2D eigenvalue weighted by atomic mass is 10.2. The van der Waals surface area contributed by atoms with Crippen LogP contribution in [0.4, 0.5) is 5.13 Å². The number of carbonyl (C=O) groups is 1. The molecule has 0 spiro atoms. The van der Waals surface area contributed by atoms with E-state index in [-0.39, 0.29) is 17.2 Å². The third-order valence-corrected chi connectivity index (χ3v) is 10.2. The smallest absolute Gasteiger partial charge is 0.257 e. The van der Waals surface area contributed by atoms with Crippen LogP contribution in [-0.2, 0) is 33.0 Å². The fourth-order valence-corrected chi connectivity index (χ4v) is 7.35. The van der Waals surface area contributed by atoms with E-state index in [1.807, 2.05) is 0 Å². The lowest BCUT2D eigenvalue weighted by Gasteiger charge is -2.24.